The van der Waals surface area contributed by atoms with Crippen LogP contribution in [0, 0.1) is 0 Å². The van der Waals surface area contributed by atoms with Gasteiger partial charge in [0.25, 0.3) is 5.91 Å². The Balaban J connectivity index is 1.66. The van der Waals surface area contributed by atoms with Gasteiger partial charge in [-0.15, -0.1) is 0 Å². The van der Waals surface area contributed by atoms with Crippen molar-refractivity contribution in [3.05, 3.63) is 53.6 Å². The zero-order chi connectivity index (χ0) is 28.8. The van der Waals surface area contributed by atoms with Gasteiger partial charge in [0.15, 0.2) is 0 Å². The van der Waals surface area contributed by atoms with Crippen LogP contribution >= 0.6 is 0 Å². The highest BCUT2D eigenvalue weighted by Gasteiger charge is 2.34. The van der Waals surface area contributed by atoms with Crippen molar-refractivity contribution >= 4 is 17.7 Å². The molecule has 0 unspecified atom stereocenters. The number of benzene rings is 2. The molecule has 0 spiro atoms. The Morgan fingerprint density at radius 2 is 1.95 bits per heavy atom. The molecule has 0 radical (unpaired) electrons. The molecule has 2 aromatic carbocycles. The summed E-state index contributed by atoms with van der Waals surface area (Å²) in [5, 5.41) is 3.06. The summed E-state index contributed by atoms with van der Waals surface area (Å²) in [5.41, 5.74) is 1.27. The van der Waals surface area contributed by atoms with Crippen molar-refractivity contribution < 1.29 is 28.6 Å². The fourth-order valence-electron chi connectivity index (χ4n) is 4.93. The number of carbonyl (C=O) groups excluding carboxylic acids is 3. The molecule has 4 rings (SSSR count). The predicted octanol–water partition coefficient (Wildman–Crippen LogP) is 2.91. The Morgan fingerprint density at radius 1 is 1.15 bits per heavy atom. The lowest BCUT2D eigenvalue weighted by atomic mass is 10.0. The van der Waals surface area contributed by atoms with Gasteiger partial charge < -0.3 is 34.2 Å². The first-order valence-electron chi connectivity index (χ1n) is 13.8. The fourth-order valence-corrected chi connectivity index (χ4v) is 4.93. The van der Waals surface area contributed by atoms with Crippen molar-refractivity contribution in [3.8, 4) is 17.2 Å². The zero-order valence-corrected chi connectivity index (χ0v) is 24.0. The van der Waals surface area contributed by atoms with Gasteiger partial charge in [-0.2, -0.15) is 0 Å². The van der Waals surface area contributed by atoms with Crippen molar-refractivity contribution in [2.75, 3.05) is 46.8 Å². The number of fused-ring (bicyclic) bond motifs is 5. The maximum absolute atomic E-state index is 13.6. The summed E-state index contributed by atoms with van der Waals surface area (Å²) in [5.74, 6) is 0.952. The van der Waals surface area contributed by atoms with E-state index in [9.17, 15) is 14.4 Å². The van der Waals surface area contributed by atoms with Gasteiger partial charge in [0.1, 0.15) is 17.2 Å². The Kier molecular flexibility index (Phi) is 9.65. The zero-order valence-electron chi connectivity index (χ0n) is 24.0. The molecule has 2 aromatic rings. The summed E-state index contributed by atoms with van der Waals surface area (Å²) in [7, 11) is 3.70. The van der Waals surface area contributed by atoms with E-state index < -0.39 is 6.04 Å². The molecule has 10 heteroatoms. The van der Waals surface area contributed by atoms with E-state index >= 15 is 0 Å². The second kappa shape index (κ2) is 13.1. The molecule has 1 fully saturated rings. The van der Waals surface area contributed by atoms with Gasteiger partial charge in [0, 0.05) is 31.3 Å². The van der Waals surface area contributed by atoms with Crippen molar-refractivity contribution in [3.63, 3.8) is 0 Å². The van der Waals surface area contributed by atoms with Crippen LogP contribution in [0.25, 0.3) is 0 Å². The predicted molar refractivity (Wildman–Crippen MR) is 151 cm³/mol. The molecule has 1 saturated heterocycles. The number of carbonyl (C=O) groups is 3. The summed E-state index contributed by atoms with van der Waals surface area (Å²) >= 11 is 0. The lowest BCUT2D eigenvalue weighted by molar-refractivity contribution is -0.138. The van der Waals surface area contributed by atoms with E-state index in [0.717, 1.165) is 5.56 Å². The molecule has 0 aromatic heterocycles. The molecule has 40 heavy (non-hydrogen) atoms. The number of hydrogen-bond acceptors (Lipinski definition) is 7. The third-order valence-electron chi connectivity index (χ3n) is 6.80. The third kappa shape index (κ3) is 7.73. The molecule has 0 aliphatic carbocycles. The minimum atomic E-state index is -0.414. The summed E-state index contributed by atoms with van der Waals surface area (Å²) < 4.78 is 18.4. The Hall–Kier alpha value is -3.63. The lowest BCUT2D eigenvalue weighted by Crippen LogP contribution is -2.59. The van der Waals surface area contributed by atoms with E-state index in [4.69, 9.17) is 14.2 Å². The normalized spacial score (nSPS) is 20.2. The molecule has 4 bridgehead atoms. The van der Waals surface area contributed by atoms with Crippen LogP contribution in [0.15, 0.2) is 42.5 Å². The second-order valence-electron chi connectivity index (χ2n) is 10.8. The Morgan fingerprint density at radius 3 is 2.67 bits per heavy atom. The molecule has 2 aliphatic rings. The van der Waals surface area contributed by atoms with Crippen LogP contribution < -0.4 is 14.8 Å². The monoisotopic (exact) mass is 552 g/mol. The van der Waals surface area contributed by atoms with Gasteiger partial charge in [-0.05, 0) is 71.1 Å². The standard InChI is InChI=1S/C30H40N4O6/c1-6-33-17-28(35)31-26-16-34(29(36)18-32(4)5)11-10-27(26)38-19-21-8-7-9-23(12-21)40-25-14-22(30(33)37)13-24(15-25)39-20(2)3/h7-9,12-15,20,26-27H,6,10-11,16-19H2,1-5H3,(H,31,35)/t26-,27-/m0/s1. The van der Waals surface area contributed by atoms with Gasteiger partial charge in [0.2, 0.25) is 11.8 Å². The van der Waals surface area contributed by atoms with Crippen LogP contribution in [0.1, 0.15) is 43.1 Å². The van der Waals surface area contributed by atoms with Crippen molar-refractivity contribution in [1.82, 2.24) is 20.0 Å². The average Bonchev–Trinajstić information content (AvgIpc) is 2.89. The molecular weight excluding hydrogens is 512 g/mol. The summed E-state index contributed by atoms with van der Waals surface area (Å²) in [6, 6.07) is 12.3. The fraction of sp³-hybridized carbons (Fsp3) is 0.500. The van der Waals surface area contributed by atoms with E-state index in [1.54, 1.807) is 23.1 Å². The Labute approximate surface area is 236 Å². The maximum atomic E-state index is 13.6. The summed E-state index contributed by atoms with van der Waals surface area (Å²) in [6.45, 7) is 7.34. The molecule has 2 heterocycles. The van der Waals surface area contributed by atoms with Gasteiger partial charge in [-0.25, -0.2) is 0 Å². The minimum absolute atomic E-state index is 0.000597. The van der Waals surface area contributed by atoms with Crippen LogP contribution in [0.5, 0.6) is 17.2 Å². The number of piperidine rings is 1. The van der Waals surface area contributed by atoms with E-state index in [1.165, 1.54) is 4.90 Å². The molecule has 216 valence electrons. The highest BCUT2D eigenvalue weighted by Crippen LogP contribution is 2.30. The molecule has 0 saturated carbocycles. The number of nitrogens with zero attached hydrogens (tertiary/aromatic N) is 3. The number of likely N-dealkylation sites (N-methyl/N-ethyl adjacent to an activating group) is 2. The minimum Gasteiger partial charge on any atom is -0.491 e. The first-order valence-corrected chi connectivity index (χ1v) is 13.8. The highest BCUT2D eigenvalue weighted by molar-refractivity contribution is 5.97. The van der Waals surface area contributed by atoms with Crippen LogP contribution in [-0.4, -0.2) is 97.5 Å². The van der Waals surface area contributed by atoms with E-state index in [0.29, 0.717) is 62.0 Å². The number of ether oxygens (including phenoxy) is 3. The van der Waals surface area contributed by atoms with Crippen LogP contribution in [0.2, 0.25) is 0 Å². The number of nitrogens with one attached hydrogen (secondary N) is 1. The van der Waals surface area contributed by atoms with Crippen molar-refractivity contribution in [1.29, 1.82) is 0 Å². The molecular formula is C30H40N4O6. The lowest BCUT2D eigenvalue weighted by Gasteiger charge is -2.39. The summed E-state index contributed by atoms with van der Waals surface area (Å²) in [4.78, 5) is 44.7. The molecule has 1 N–H and O–H groups in total. The number of likely N-dealkylation sites (tertiary alicyclic amines) is 1. The Bertz CT molecular complexity index is 1220. The van der Waals surface area contributed by atoms with E-state index in [1.807, 2.05) is 64.0 Å². The number of amides is 3. The van der Waals surface area contributed by atoms with Gasteiger partial charge in [-0.1, -0.05) is 12.1 Å². The smallest absolute Gasteiger partial charge is 0.254 e. The highest BCUT2D eigenvalue weighted by atomic mass is 16.5. The molecule has 10 nitrogen and oxygen atoms in total. The number of hydrogen-bond donors (Lipinski definition) is 1. The average molecular weight is 553 g/mol. The van der Waals surface area contributed by atoms with E-state index in [2.05, 4.69) is 5.32 Å². The molecule has 2 aliphatic heterocycles. The van der Waals surface area contributed by atoms with Crippen LogP contribution in [0.4, 0.5) is 0 Å². The summed E-state index contributed by atoms with van der Waals surface area (Å²) in [6.07, 6.45) is 0.191. The first kappa shape index (κ1) is 29.4. The topological polar surface area (TPSA) is 101 Å². The van der Waals surface area contributed by atoms with Gasteiger partial charge in [-0.3, -0.25) is 14.4 Å². The molecule has 2 atom stereocenters. The quantitative estimate of drug-likeness (QED) is 0.609. The first-order chi connectivity index (χ1) is 19.1. The number of rotatable bonds is 5. The van der Waals surface area contributed by atoms with Gasteiger partial charge in [0.05, 0.1) is 37.9 Å². The van der Waals surface area contributed by atoms with Crippen molar-refractivity contribution in [2.24, 2.45) is 0 Å². The second-order valence-corrected chi connectivity index (χ2v) is 10.8. The van der Waals surface area contributed by atoms with Crippen LogP contribution in [-0.2, 0) is 20.9 Å². The third-order valence-corrected chi connectivity index (χ3v) is 6.80. The maximum Gasteiger partial charge on any atom is 0.254 e. The van der Waals surface area contributed by atoms with Crippen molar-refractivity contribution in [2.45, 2.75) is 52.0 Å². The van der Waals surface area contributed by atoms with Crippen LogP contribution in [0.3, 0.4) is 0 Å². The SMILES string of the molecule is CCN1CC(=O)N[C@H]2CN(C(=O)CN(C)C)CC[C@@H]2OCc2cccc(c2)Oc2cc(OC(C)C)cc(c2)C1=O. The van der Waals surface area contributed by atoms with Gasteiger partial charge >= 0.3 is 0 Å². The van der Waals surface area contributed by atoms with E-state index in [-0.39, 0.29) is 36.5 Å². The molecule has 3 amide bonds. The largest absolute Gasteiger partial charge is 0.491 e.